The van der Waals surface area contributed by atoms with Gasteiger partial charge in [0.05, 0.1) is 0 Å². The number of thiophene rings is 1. The highest BCUT2D eigenvalue weighted by Crippen LogP contribution is 2.42. The highest BCUT2D eigenvalue weighted by Gasteiger charge is 2.30. The van der Waals surface area contributed by atoms with E-state index < -0.39 is 5.97 Å². The van der Waals surface area contributed by atoms with Gasteiger partial charge in [-0.3, -0.25) is 4.79 Å². The first kappa shape index (κ1) is 13.6. The van der Waals surface area contributed by atoms with Crippen molar-refractivity contribution in [1.29, 1.82) is 0 Å². The molecule has 1 N–H and O–H groups in total. The normalized spacial score (nSPS) is 23.1. The average molecular weight is 267 g/mol. The molecule has 1 aliphatic carbocycles. The number of fused-ring (bicyclic) bond motifs is 1. The zero-order chi connectivity index (χ0) is 13.3. The van der Waals surface area contributed by atoms with Crippen LogP contribution < -0.4 is 0 Å². The molecule has 1 aromatic rings. The van der Waals surface area contributed by atoms with Crippen LogP contribution in [0.1, 0.15) is 41.3 Å². The molecular weight excluding hydrogens is 246 g/mol. The lowest BCUT2D eigenvalue weighted by Gasteiger charge is -2.34. The number of carboxylic acids is 1. The van der Waals surface area contributed by atoms with Crippen LogP contribution >= 0.6 is 11.3 Å². The van der Waals surface area contributed by atoms with Gasteiger partial charge in [-0.15, -0.1) is 11.3 Å². The largest absolute Gasteiger partial charge is 0.481 e. The summed E-state index contributed by atoms with van der Waals surface area (Å²) in [6.45, 7) is 2.18. The summed E-state index contributed by atoms with van der Waals surface area (Å²) < 4.78 is 0. The van der Waals surface area contributed by atoms with Crippen molar-refractivity contribution in [2.24, 2.45) is 5.92 Å². The second kappa shape index (κ2) is 5.41. The van der Waals surface area contributed by atoms with Gasteiger partial charge in [-0.2, -0.15) is 0 Å². The monoisotopic (exact) mass is 267 g/mol. The maximum Gasteiger partial charge on any atom is 0.303 e. The van der Waals surface area contributed by atoms with E-state index in [1.54, 1.807) is 0 Å². The van der Waals surface area contributed by atoms with Crippen molar-refractivity contribution in [3.63, 3.8) is 0 Å². The van der Waals surface area contributed by atoms with Crippen LogP contribution in [0.2, 0.25) is 0 Å². The zero-order valence-corrected chi connectivity index (χ0v) is 12.1. The maximum atomic E-state index is 10.7. The Morgan fingerprint density at radius 3 is 2.89 bits per heavy atom. The van der Waals surface area contributed by atoms with Crippen molar-refractivity contribution >= 4 is 17.3 Å². The number of aliphatic carboxylic acids is 1. The molecule has 0 spiro atoms. The van der Waals surface area contributed by atoms with Gasteiger partial charge in [-0.05, 0) is 62.7 Å². The minimum absolute atomic E-state index is 0.296. The molecule has 2 unspecified atom stereocenters. The van der Waals surface area contributed by atoms with E-state index >= 15 is 0 Å². The number of aryl methyl sites for hydroxylation is 1. The van der Waals surface area contributed by atoms with Crippen LogP contribution in [0.4, 0.5) is 0 Å². The zero-order valence-electron chi connectivity index (χ0n) is 11.3. The molecule has 2 atom stereocenters. The average Bonchev–Trinajstić information content (AvgIpc) is 2.67. The van der Waals surface area contributed by atoms with Gasteiger partial charge in [-0.25, -0.2) is 0 Å². The first-order valence-corrected chi connectivity index (χ1v) is 7.32. The molecule has 0 aliphatic heterocycles. The standard InChI is InChI=1S/C14H21NO2S/c1-9-8-18-12-7-10(4-5-13(16)17)6-11(14(9)12)15(2)3/h8,10-11H,4-7H2,1-3H3,(H,16,17). The fraction of sp³-hybridized carbons (Fsp3) is 0.643. The molecule has 0 radical (unpaired) electrons. The second-order valence-electron chi connectivity index (χ2n) is 5.47. The molecule has 2 rings (SSSR count). The second-order valence-corrected chi connectivity index (χ2v) is 6.44. The van der Waals surface area contributed by atoms with Crippen LogP contribution in [0.25, 0.3) is 0 Å². The summed E-state index contributed by atoms with van der Waals surface area (Å²) in [5.41, 5.74) is 2.89. The summed E-state index contributed by atoms with van der Waals surface area (Å²) in [5.74, 6) is -0.163. The van der Waals surface area contributed by atoms with Crippen molar-refractivity contribution in [2.45, 2.75) is 38.6 Å². The van der Waals surface area contributed by atoms with E-state index in [0.717, 1.165) is 19.3 Å². The van der Waals surface area contributed by atoms with E-state index in [0.29, 0.717) is 18.4 Å². The minimum atomic E-state index is -0.676. The fourth-order valence-corrected chi connectivity index (χ4v) is 4.11. The quantitative estimate of drug-likeness (QED) is 0.911. The summed E-state index contributed by atoms with van der Waals surface area (Å²) >= 11 is 1.84. The molecule has 18 heavy (non-hydrogen) atoms. The number of carbonyl (C=O) groups is 1. The predicted octanol–water partition coefficient (Wildman–Crippen LogP) is 3.09. The van der Waals surface area contributed by atoms with Gasteiger partial charge in [0.25, 0.3) is 0 Å². The van der Waals surface area contributed by atoms with Gasteiger partial charge in [0.15, 0.2) is 0 Å². The van der Waals surface area contributed by atoms with E-state index in [2.05, 4.69) is 31.3 Å². The van der Waals surface area contributed by atoms with Gasteiger partial charge >= 0.3 is 5.97 Å². The fourth-order valence-electron chi connectivity index (χ4n) is 2.91. The molecule has 1 aliphatic rings. The molecule has 100 valence electrons. The third-order valence-corrected chi connectivity index (χ3v) is 5.00. The number of hydrogen-bond acceptors (Lipinski definition) is 3. The molecule has 0 bridgehead atoms. The van der Waals surface area contributed by atoms with Crippen molar-refractivity contribution in [3.05, 3.63) is 21.4 Å². The molecule has 4 heteroatoms. The molecule has 0 saturated heterocycles. The Labute approximate surface area is 112 Å². The lowest BCUT2D eigenvalue weighted by molar-refractivity contribution is -0.137. The molecular formula is C14H21NO2S. The molecule has 0 saturated carbocycles. The Bertz CT molecular complexity index is 439. The highest BCUT2D eigenvalue weighted by molar-refractivity contribution is 7.10. The van der Waals surface area contributed by atoms with Crippen LogP contribution in [-0.2, 0) is 11.2 Å². The Morgan fingerprint density at radius 1 is 1.56 bits per heavy atom. The summed E-state index contributed by atoms with van der Waals surface area (Å²) in [6, 6.07) is 0.457. The van der Waals surface area contributed by atoms with Crippen LogP contribution in [0.3, 0.4) is 0 Å². The molecule has 3 nitrogen and oxygen atoms in total. The predicted molar refractivity (Wildman–Crippen MR) is 74.2 cm³/mol. The Kier molecular flexibility index (Phi) is 4.07. The highest BCUT2D eigenvalue weighted by atomic mass is 32.1. The SMILES string of the molecule is Cc1csc2c1C(N(C)C)CC(CCC(=O)O)C2. The third-order valence-electron chi connectivity index (χ3n) is 3.86. The Morgan fingerprint density at radius 2 is 2.28 bits per heavy atom. The van der Waals surface area contributed by atoms with Gasteiger partial charge in [0, 0.05) is 17.3 Å². The summed E-state index contributed by atoms with van der Waals surface area (Å²) in [4.78, 5) is 14.4. The van der Waals surface area contributed by atoms with Gasteiger partial charge in [0.1, 0.15) is 0 Å². The van der Waals surface area contributed by atoms with Gasteiger partial charge in [-0.1, -0.05) is 0 Å². The third kappa shape index (κ3) is 2.75. The van der Waals surface area contributed by atoms with E-state index in [4.69, 9.17) is 5.11 Å². The molecule has 0 aromatic carbocycles. The van der Waals surface area contributed by atoms with Crippen LogP contribution in [0, 0.1) is 12.8 Å². The molecule has 1 heterocycles. The molecule has 1 aromatic heterocycles. The minimum Gasteiger partial charge on any atom is -0.481 e. The first-order chi connectivity index (χ1) is 8.49. The van der Waals surface area contributed by atoms with Crippen molar-refractivity contribution in [2.75, 3.05) is 14.1 Å². The van der Waals surface area contributed by atoms with Crippen LogP contribution in [0.15, 0.2) is 5.38 Å². The lowest BCUT2D eigenvalue weighted by atomic mass is 9.81. The van der Waals surface area contributed by atoms with Crippen molar-refractivity contribution in [3.8, 4) is 0 Å². The summed E-state index contributed by atoms with van der Waals surface area (Å²) in [6.07, 6.45) is 3.25. The lowest BCUT2D eigenvalue weighted by Crippen LogP contribution is -2.28. The number of nitrogens with zero attached hydrogens (tertiary/aromatic N) is 1. The number of rotatable bonds is 4. The van der Waals surface area contributed by atoms with Crippen molar-refractivity contribution < 1.29 is 9.90 Å². The van der Waals surface area contributed by atoms with Crippen LogP contribution in [-0.4, -0.2) is 30.1 Å². The van der Waals surface area contributed by atoms with Gasteiger partial charge in [0.2, 0.25) is 0 Å². The number of hydrogen-bond donors (Lipinski definition) is 1. The van der Waals surface area contributed by atoms with E-state index in [-0.39, 0.29) is 0 Å². The molecule has 0 amide bonds. The Hall–Kier alpha value is -0.870. The Balaban J connectivity index is 2.16. The van der Waals surface area contributed by atoms with E-state index in [1.807, 2.05) is 11.3 Å². The molecule has 0 fully saturated rings. The van der Waals surface area contributed by atoms with Gasteiger partial charge < -0.3 is 10.0 Å². The summed E-state index contributed by atoms with van der Waals surface area (Å²) in [7, 11) is 4.23. The smallest absolute Gasteiger partial charge is 0.303 e. The number of carboxylic acid groups (broad SMARTS) is 1. The van der Waals surface area contributed by atoms with E-state index in [1.165, 1.54) is 16.0 Å². The van der Waals surface area contributed by atoms with Crippen molar-refractivity contribution in [1.82, 2.24) is 4.90 Å². The summed E-state index contributed by atoms with van der Waals surface area (Å²) in [5, 5.41) is 11.0. The van der Waals surface area contributed by atoms with E-state index in [9.17, 15) is 4.79 Å². The maximum absolute atomic E-state index is 10.7. The van der Waals surface area contributed by atoms with Crippen LogP contribution in [0.5, 0.6) is 0 Å². The topological polar surface area (TPSA) is 40.5 Å². The first-order valence-electron chi connectivity index (χ1n) is 6.44.